The van der Waals surface area contributed by atoms with Gasteiger partial charge in [0.25, 0.3) is 5.91 Å². The van der Waals surface area contributed by atoms with Crippen molar-refractivity contribution in [3.05, 3.63) is 58.4 Å². The van der Waals surface area contributed by atoms with E-state index < -0.39 is 18.0 Å². The fourth-order valence-corrected chi connectivity index (χ4v) is 3.48. The Hall–Kier alpha value is -2.31. The van der Waals surface area contributed by atoms with Crippen molar-refractivity contribution in [2.45, 2.75) is 32.1 Å². The number of methoxy groups -OCH3 is 1. The lowest BCUT2D eigenvalue weighted by Gasteiger charge is -2.27. The number of nitrogens with zero attached hydrogens (tertiary/aromatic N) is 1. The Morgan fingerprint density at radius 1 is 1.30 bits per heavy atom. The maximum atomic E-state index is 14.0. The van der Waals surface area contributed by atoms with E-state index in [1.807, 2.05) is 0 Å². The molecule has 0 aromatic heterocycles. The molecule has 0 unspecified atom stereocenters. The molecular weight excluding hydrogens is 373 g/mol. The maximum absolute atomic E-state index is 14.0. The third-order valence-electron chi connectivity index (χ3n) is 4.77. The molecule has 2 atom stereocenters. The van der Waals surface area contributed by atoms with Gasteiger partial charge in [0.05, 0.1) is 18.2 Å². The van der Waals surface area contributed by atoms with Crippen LogP contribution in [0, 0.1) is 5.82 Å². The zero-order valence-corrected chi connectivity index (χ0v) is 15.9. The molecular formula is C20H21ClFNO4. The molecule has 1 aliphatic rings. The van der Waals surface area contributed by atoms with E-state index in [1.54, 1.807) is 38.3 Å². The number of benzene rings is 2. The van der Waals surface area contributed by atoms with Crippen LogP contribution < -0.4 is 9.47 Å². The second kappa shape index (κ2) is 8.15. The lowest BCUT2D eigenvalue weighted by Crippen LogP contribution is -2.32. The van der Waals surface area contributed by atoms with Crippen molar-refractivity contribution in [2.75, 3.05) is 13.7 Å². The largest absolute Gasteiger partial charge is 0.497 e. The van der Waals surface area contributed by atoms with Crippen molar-refractivity contribution in [3.8, 4) is 11.5 Å². The van der Waals surface area contributed by atoms with Gasteiger partial charge in [0.1, 0.15) is 30.0 Å². The number of aliphatic hydroxyl groups is 1. The Balaban J connectivity index is 1.84. The first kappa shape index (κ1) is 19.5. The summed E-state index contributed by atoms with van der Waals surface area (Å²) in [4.78, 5) is 13.7. The highest BCUT2D eigenvalue weighted by Crippen LogP contribution is 2.33. The van der Waals surface area contributed by atoms with Gasteiger partial charge in [-0.1, -0.05) is 11.6 Å². The van der Waals surface area contributed by atoms with E-state index in [2.05, 4.69) is 0 Å². The molecule has 1 amide bonds. The predicted octanol–water partition coefficient (Wildman–Crippen LogP) is 3.72. The number of likely N-dealkylation sites (tertiary alicyclic amines) is 1. The number of aliphatic hydroxyl groups excluding tert-OH is 1. The maximum Gasteiger partial charge on any atom is 0.251 e. The van der Waals surface area contributed by atoms with Gasteiger partial charge < -0.3 is 19.5 Å². The average molecular weight is 394 g/mol. The fourth-order valence-electron chi connectivity index (χ4n) is 3.21. The molecule has 144 valence electrons. The molecule has 27 heavy (non-hydrogen) atoms. The monoisotopic (exact) mass is 393 g/mol. The standard InChI is InChI=1S/C20H21ClFNO4/c1-12(23-8-7-19(24)20(23)25)16-9-13(22)10-18(21)17(16)11-27-15-5-3-14(26-2)4-6-15/h3-6,9-10,12,19,24H,7-8,11H2,1-2H3/t12-,19-/m0/s1. The zero-order valence-electron chi connectivity index (χ0n) is 15.1. The minimum absolute atomic E-state index is 0.121. The van der Waals surface area contributed by atoms with Crippen molar-refractivity contribution in [2.24, 2.45) is 0 Å². The van der Waals surface area contributed by atoms with Gasteiger partial charge in [-0.25, -0.2) is 4.39 Å². The van der Waals surface area contributed by atoms with Crippen molar-refractivity contribution in [1.29, 1.82) is 0 Å². The number of hydrogen-bond acceptors (Lipinski definition) is 4. The van der Waals surface area contributed by atoms with E-state index in [9.17, 15) is 14.3 Å². The Kier molecular flexibility index (Phi) is 5.87. The molecule has 3 rings (SSSR count). The predicted molar refractivity (Wildman–Crippen MR) is 99.5 cm³/mol. The van der Waals surface area contributed by atoms with Crippen LogP contribution >= 0.6 is 11.6 Å². The molecule has 2 aromatic rings. The van der Waals surface area contributed by atoms with E-state index >= 15 is 0 Å². The van der Waals surface area contributed by atoms with Crippen LogP contribution in [0.15, 0.2) is 36.4 Å². The lowest BCUT2D eigenvalue weighted by molar-refractivity contribution is -0.136. The summed E-state index contributed by atoms with van der Waals surface area (Å²) in [5, 5.41) is 9.94. The Bertz CT molecular complexity index is 827. The second-order valence-electron chi connectivity index (χ2n) is 6.43. The molecule has 1 fully saturated rings. The van der Waals surface area contributed by atoms with E-state index in [1.165, 1.54) is 17.0 Å². The first-order valence-electron chi connectivity index (χ1n) is 8.64. The molecule has 0 saturated carbocycles. The van der Waals surface area contributed by atoms with Gasteiger partial charge in [-0.15, -0.1) is 0 Å². The molecule has 1 saturated heterocycles. The van der Waals surface area contributed by atoms with Crippen molar-refractivity contribution in [1.82, 2.24) is 4.90 Å². The fraction of sp³-hybridized carbons (Fsp3) is 0.350. The normalized spacial score (nSPS) is 17.9. The van der Waals surface area contributed by atoms with Crippen LogP contribution in [-0.2, 0) is 11.4 Å². The number of carbonyl (C=O) groups excluding carboxylic acids is 1. The summed E-state index contributed by atoms with van der Waals surface area (Å²) in [5.41, 5.74) is 1.17. The number of hydrogen-bond donors (Lipinski definition) is 1. The van der Waals surface area contributed by atoms with Gasteiger partial charge in [-0.3, -0.25) is 4.79 Å². The van der Waals surface area contributed by atoms with Crippen LogP contribution in [0.25, 0.3) is 0 Å². The number of carbonyl (C=O) groups is 1. The summed E-state index contributed by atoms with van der Waals surface area (Å²) in [6, 6.07) is 9.23. The van der Waals surface area contributed by atoms with Crippen LogP contribution in [0.5, 0.6) is 11.5 Å². The third kappa shape index (κ3) is 4.17. The van der Waals surface area contributed by atoms with Crippen LogP contribution in [0.3, 0.4) is 0 Å². The molecule has 0 aliphatic carbocycles. The first-order valence-corrected chi connectivity index (χ1v) is 9.01. The van der Waals surface area contributed by atoms with Gasteiger partial charge in [-0.2, -0.15) is 0 Å². The van der Waals surface area contributed by atoms with Gasteiger partial charge in [0, 0.05) is 12.1 Å². The summed E-state index contributed by atoms with van der Waals surface area (Å²) in [6.07, 6.45) is -0.639. The molecule has 0 spiro atoms. The van der Waals surface area contributed by atoms with E-state index in [4.69, 9.17) is 21.1 Å². The quantitative estimate of drug-likeness (QED) is 0.812. The SMILES string of the molecule is COc1ccc(OCc2c(Cl)cc(F)cc2[C@H](C)N2CC[C@H](O)C2=O)cc1. The summed E-state index contributed by atoms with van der Waals surface area (Å²) in [5.74, 6) is 0.484. The Labute approximate surface area is 162 Å². The van der Waals surface area contributed by atoms with Crippen LogP contribution in [-0.4, -0.2) is 35.7 Å². The number of rotatable bonds is 6. The highest BCUT2D eigenvalue weighted by Gasteiger charge is 2.34. The second-order valence-corrected chi connectivity index (χ2v) is 6.84. The van der Waals surface area contributed by atoms with E-state index in [-0.39, 0.29) is 17.5 Å². The van der Waals surface area contributed by atoms with Gasteiger partial charge >= 0.3 is 0 Å². The minimum Gasteiger partial charge on any atom is -0.497 e. The highest BCUT2D eigenvalue weighted by molar-refractivity contribution is 6.31. The molecule has 0 bridgehead atoms. The summed E-state index contributed by atoms with van der Waals surface area (Å²) >= 11 is 6.27. The Morgan fingerprint density at radius 3 is 2.56 bits per heavy atom. The molecule has 7 heteroatoms. The van der Waals surface area contributed by atoms with Crippen LogP contribution in [0.2, 0.25) is 5.02 Å². The van der Waals surface area contributed by atoms with Gasteiger partial charge in [0.2, 0.25) is 0 Å². The summed E-state index contributed by atoms with van der Waals surface area (Å²) in [7, 11) is 1.58. The molecule has 0 radical (unpaired) electrons. The number of halogens is 2. The first-order chi connectivity index (χ1) is 12.9. The van der Waals surface area contributed by atoms with Crippen molar-refractivity contribution in [3.63, 3.8) is 0 Å². The topological polar surface area (TPSA) is 59.0 Å². The lowest BCUT2D eigenvalue weighted by atomic mass is 10.0. The van der Waals surface area contributed by atoms with Gasteiger partial charge in [-0.05, 0) is 55.3 Å². The van der Waals surface area contributed by atoms with E-state index in [0.29, 0.717) is 35.6 Å². The minimum atomic E-state index is -1.00. The number of amides is 1. The van der Waals surface area contributed by atoms with Gasteiger partial charge in [0.15, 0.2) is 0 Å². The molecule has 5 nitrogen and oxygen atoms in total. The summed E-state index contributed by atoms with van der Waals surface area (Å²) < 4.78 is 24.9. The van der Waals surface area contributed by atoms with Crippen molar-refractivity contribution < 1.29 is 23.8 Å². The molecule has 1 aliphatic heterocycles. The van der Waals surface area contributed by atoms with Crippen LogP contribution in [0.4, 0.5) is 4.39 Å². The molecule has 1 heterocycles. The molecule has 2 aromatic carbocycles. The van der Waals surface area contributed by atoms with Crippen molar-refractivity contribution >= 4 is 17.5 Å². The van der Waals surface area contributed by atoms with E-state index in [0.717, 1.165) is 0 Å². The molecule has 1 N–H and O–H groups in total. The smallest absolute Gasteiger partial charge is 0.251 e. The zero-order chi connectivity index (χ0) is 19.6. The summed E-state index contributed by atoms with van der Waals surface area (Å²) in [6.45, 7) is 2.32. The third-order valence-corrected chi connectivity index (χ3v) is 5.10. The highest BCUT2D eigenvalue weighted by atomic mass is 35.5. The number of ether oxygens (including phenoxy) is 2. The average Bonchev–Trinajstić information content (AvgIpc) is 2.99. The van der Waals surface area contributed by atoms with Crippen LogP contribution in [0.1, 0.15) is 30.5 Å². The Morgan fingerprint density at radius 2 is 1.96 bits per heavy atom.